The summed E-state index contributed by atoms with van der Waals surface area (Å²) in [6.45, 7) is 5.13. The normalized spacial score (nSPS) is 21.9. The van der Waals surface area contributed by atoms with Gasteiger partial charge in [0.15, 0.2) is 17.0 Å². The SMILES string of the molecule is COc1c(C2CC(C(C)(C)C)C(F)(F)CC2c2cc(=O)c3c(C(N)=O)nccc3[nH]2)ccc(F)c1F. The van der Waals surface area contributed by atoms with Crippen molar-refractivity contribution in [2.24, 2.45) is 17.1 Å². The van der Waals surface area contributed by atoms with Gasteiger partial charge < -0.3 is 15.5 Å². The maximum Gasteiger partial charge on any atom is 0.268 e. The molecule has 6 nitrogen and oxygen atoms in total. The molecule has 4 rings (SSSR count). The molecule has 1 aromatic carbocycles. The second-order valence-corrected chi connectivity index (χ2v) is 10.4. The van der Waals surface area contributed by atoms with E-state index >= 15 is 8.78 Å². The Morgan fingerprint density at radius 3 is 2.50 bits per heavy atom. The number of pyridine rings is 2. The summed E-state index contributed by atoms with van der Waals surface area (Å²) in [7, 11) is 1.19. The van der Waals surface area contributed by atoms with E-state index in [1.54, 1.807) is 20.8 Å². The topological polar surface area (TPSA) is 98.1 Å². The van der Waals surface area contributed by atoms with E-state index in [4.69, 9.17) is 10.5 Å². The molecule has 3 N–H and O–H groups in total. The van der Waals surface area contributed by atoms with Gasteiger partial charge in [-0.25, -0.2) is 13.2 Å². The number of hydrogen-bond donors (Lipinski definition) is 2. The minimum Gasteiger partial charge on any atom is -0.493 e. The second kappa shape index (κ2) is 8.90. The lowest BCUT2D eigenvalue weighted by molar-refractivity contribution is -0.133. The number of amides is 1. The third-order valence-electron chi connectivity index (χ3n) is 7.10. The molecule has 1 fully saturated rings. The first-order chi connectivity index (χ1) is 16.8. The van der Waals surface area contributed by atoms with E-state index < -0.39 is 58.5 Å². The molecule has 0 spiro atoms. The van der Waals surface area contributed by atoms with Crippen LogP contribution in [-0.2, 0) is 0 Å². The first-order valence-electron chi connectivity index (χ1n) is 11.5. The van der Waals surface area contributed by atoms with Gasteiger partial charge >= 0.3 is 0 Å². The van der Waals surface area contributed by atoms with Crippen molar-refractivity contribution in [2.45, 2.75) is 51.4 Å². The molecular weight excluding hydrogens is 478 g/mol. The van der Waals surface area contributed by atoms with Gasteiger partial charge in [0.05, 0.1) is 18.0 Å². The van der Waals surface area contributed by atoms with Crippen LogP contribution in [0, 0.1) is 23.0 Å². The highest BCUT2D eigenvalue weighted by molar-refractivity contribution is 6.03. The quantitative estimate of drug-likeness (QED) is 0.472. The van der Waals surface area contributed by atoms with Crippen LogP contribution >= 0.6 is 0 Å². The summed E-state index contributed by atoms with van der Waals surface area (Å²) >= 11 is 0. The van der Waals surface area contributed by atoms with E-state index in [0.717, 1.165) is 12.1 Å². The monoisotopic (exact) mass is 505 g/mol. The molecule has 0 radical (unpaired) electrons. The smallest absolute Gasteiger partial charge is 0.268 e. The van der Waals surface area contributed by atoms with Crippen LogP contribution in [0.4, 0.5) is 17.6 Å². The predicted molar refractivity (Wildman–Crippen MR) is 126 cm³/mol. The molecule has 3 atom stereocenters. The lowest BCUT2D eigenvalue weighted by Gasteiger charge is -2.47. The summed E-state index contributed by atoms with van der Waals surface area (Å²) in [5, 5.41) is -0.0501. The fraction of sp³-hybridized carbons (Fsp3) is 0.423. The van der Waals surface area contributed by atoms with Crippen LogP contribution in [0.1, 0.15) is 67.2 Å². The maximum absolute atomic E-state index is 15.6. The van der Waals surface area contributed by atoms with Crippen LogP contribution in [0.2, 0.25) is 0 Å². The third kappa shape index (κ3) is 4.33. The molecule has 3 aromatic rings. The maximum atomic E-state index is 15.6. The Morgan fingerprint density at radius 1 is 1.19 bits per heavy atom. The van der Waals surface area contributed by atoms with Crippen molar-refractivity contribution in [2.75, 3.05) is 7.11 Å². The zero-order valence-corrected chi connectivity index (χ0v) is 20.3. The number of carbonyl (C=O) groups excluding carboxylic acids is 1. The zero-order chi connectivity index (χ0) is 26.6. The fourth-order valence-electron chi connectivity index (χ4n) is 5.48. The van der Waals surface area contributed by atoms with Crippen molar-refractivity contribution in [3.63, 3.8) is 0 Å². The van der Waals surface area contributed by atoms with E-state index in [9.17, 15) is 18.4 Å². The third-order valence-corrected chi connectivity index (χ3v) is 7.10. The molecule has 192 valence electrons. The Balaban J connectivity index is 1.95. The van der Waals surface area contributed by atoms with E-state index in [1.807, 2.05) is 0 Å². The van der Waals surface area contributed by atoms with Crippen molar-refractivity contribution < 1.29 is 27.1 Å². The average Bonchev–Trinajstić information content (AvgIpc) is 2.78. The number of rotatable bonds is 4. The van der Waals surface area contributed by atoms with Crippen LogP contribution in [0.5, 0.6) is 5.75 Å². The van der Waals surface area contributed by atoms with Gasteiger partial charge in [-0.1, -0.05) is 26.8 Å². The molecule has 0 bridgehead atoms. The number of primary amides is 1. The number of nitrogens with two attached hydrogens (primary N) is 1. The molecule has 0 aliphatic heterocycles. The highest BCUT2D eigenvalue weighted by Crippen LogP contribution is 2.57. The average molecular weight is 506 g/mol. The highest BCUT2D eigenvalue weighted by atomic mass is 19.3. The number of fused-ring (bicyclic) bond motifs is 1. The van der Waals surface area contributed by atoms with Gasteiger partial charge in [0.25, 0.3) is 11.8 Å². The zero-order valence-electron chi connectivity index (χ0n) is 20.3. The van der Waals surface area contributed by atoms with Crippen molar-refractivity contribution in [3.05, 3.63) is 69.3 Å². The van der Waals surface area contributed by atoms with Gasteiger partial charge in [0.2, 0.25) is 5.82 Å². The van der Waals surface area contributed by atoms with Crippen LogP contribution < -0.4 is 15.9 Å². The largest absolute Gasteiger partial charge is 0.493 e. The first-order valence-corrected chi connectivity index (χ1v) is 11.5. The number of H-pyrrole nitrogens is 1. The summed E-state index contributed by atoms with van der Waals surface area (Å²) in [5.41, 5.74) is 4.32. The predicted octanol–water partition coefficient (Wildman–Crippen LogP) is 5.27. The van der Waals surface area contributed by atoms with Crippen molar-refractivity contribution >= 4 is 16.8 Å². The standard InChI is InChI=1S/C26H27F4N3O3/c1-25(2,3)19-9-13(12-5-6-15(27)21(28)23(12)36-4)14(11-26(19,29)30)17-10-18(34)20-16(33-17)7-8-32-22(20)24(31)35/h5-8,10,13-14,19H,9,11H2,1-4H3,(H2,31,35)(H,33,34). The van der Waals surface area contributed by atoms with Crippen LogP contribution in [0.15, 0.2) is 35.3 Å². The molecule has 1 saturated carbocycles. The van der Waals surface area contributed by atoms with Crippen LogP contribution in [0.3, 0.4) is 0 Å². The number of methoxy groups -OCH3 is 1. The Morgan fingerprint density at radius 2 is 1.89 bits per heavy atom. The van der Waals surface area contributed by atoms with Crippen LogP contribution in [0.25, 0.3) is 10.9 Å². The van der Waals surface area contributed by atoms with E-state index in [2.05, 4.69) is 9.97 Å². The molecule has 3 unspecified atom stereocenters. The highest BCUT2D eigenvalue weighted by Gasteiger charge is 2.54. The number of alkyl halides is 2. The van der Waals surface area contributed by atoms with Crippen molar-refractivity contribution in [1.29, 1.82) is 0 Å². The molecular formula is C26H27F4N3O3. The Hall–Kier alpha value is -3.43. The number of carbonyl (C=O) groups is 1. The number of hydrogen-bond acceptors (Lipinski definition) is 4. The number of nitrogens with zero attached hydrogens (tertiary/aromatic N) is 1. The molecule has 1 amide bonds. The Bertz CT molecular complexity index is 1400. The van der Waals surface area contributed by atoms with Gasteiger partial charge in [0.1, 0.15) is 5.69 Å². The number of aromatic nitrogens is 2. The van der Waals surface area contributed by atoms with Crippen LogP contribution in [-0.4, -0.2) is 28.9 Å². The molecule has 1 aliphatic rings. The molecule has 36 heavy (non-hydrogen) atoms. The number of halogens is 4. The van der Waals surface area contributed by atoms with Gasteiger partial charge in [0, 0.05) is 41.8 Å². The van der Waals surface area contributed by atoms with E-state index in [1.165, 1.54) is 25.4 Å². The fourth-order valence-corrected chi connectivity index (χ4v) is 5.48. The van der Waals surface area contributed by atoms with Gasteiger partial charge in [-0.15, -0.1) is 0 Å². The summed E-state index contributed by atoms with van der Waals surface area (Å²) in [4.78, 5) is 31.7. The molecule has 1 aliphatic carbocycles. The molecule has 2 heterocycles. The second-order valence-electron chi connectivity index (χ2n) is 10.4. The number of benzene rings is 1. The molecule has 2 aromatic heterocycles. The van der Waals surface area contributed by atoms with E-state index in [-0.39, 0.29) is 40.0 Å². The molecule has 10 heteroatoms. The number of ether oxygens (including phenoxy) is 1. The summed E-state index contributed by atoms with van der Waals surface area (Å²) in [6.07, 6.45) is 0.575. The Labute approximate surface area is 204 Å². The minimum absolute atomic E-state index is 0.0501. The van der Waals surface area contributed by atoms with Gasteiger partial charge in [-0.2, -0.15) is 4.39 Å². The van der Waals surface area contributed by atoms with Crippen molar-refractivity contribution in [3.8, 4) is 5.75 Å². The van der Waals surface area contributed by atoms with Gasteiger partial charge in [-0.3, -0.25) is 14.6 Å². The number of nitrogens with one attached hydrogen (secondary N) is 1. The summed E-state index contributed by atoms with van der Waals surface area (Å²) < 4.78 is 65.0. The first kappa shape index (κ1) is 25.7. The summed E-state index contributed by atoms with van der Waals surface area (Å²) in [6, 6.07) is 4.87. The van der Waals surface area contributed by atoms with Crippen molar-refractivity contribution in [1.82, 2.24) is 9.97 Å². The lowest BCUT2D eigenvalue weighted by Crippen LogP contribution is -2.45. The van der Waals surface area contributed by atoms with E-state index in [0.29, 0.717) is 0 Å². The lowest BCUT2D eigenvalue weighted by atomic mass is 9.61. The number of aromatic amines is 1. The molecule has 0 saturated heterocycles. The van der Waals surface area contributed by atoms with Gasteiger partial charge in [-0.05, 0) is 29.9 Å². The minimum atomic E-state index is -3.12. The summed E-state index contributed by atoms with van der Waals surface area (Å²) in [5.74, 6) is -9.49. The Kier molecular flexibility index (Phi) is 6.34.